The van der Waals surface area contributed by atoms with Crippen molar-refractivity contribution in [2.45, 2.75) is 19.0 Å². The standard InChI is InChI=1S/C27H29FN2O3/c1-29(17-19-9-11-22(28)12-10-19)26(31)18-30-14-13-21-15-24(32-2)25(33-3)16-23(21)27(30)20-7-5-4-6-8-20/h4-12,15-16,27H,13-14,17-18H2,1-3H3. The summed E-state index contributed by atoms with van der Waals surface area (Å²) in [4.78, 5) is 17.1. The molecule has 6 heteroatoms. The van der Waals surface area contributed by atoms with E-state index in [1.54, 1.807) is 38.3 Å². The highest BCUT2D eigenvalue weighted by atomic mass is 19.1. The molecule has 1 unspecified atom stereocenters. The van der Waals surface area contributed by atoms with Gasteiger partial charge in [-0.05, 0) is 52.9 Å². The molecule has 0 spiro atoms. The Bertz CT molecular complexity index is 1100. The van der Waals surface area contributed by atoms with Gasteiger partial charge in [0, 0.05) is 20.1 Å². The third-order valence-corrected chi connectivity index (χ3v) is 6.19. The van der Waals surface area contributed by atoms with Crippen LogP contribution in [0.1, 0.15) is 28.3 Å². The molecule has 0 N–H and O–H groups in total. The molecule has 0 fully saturated rings. The quantitative estimate of drug-likeness (QED) is 0.536. The van der Waals surface area contributed by atoms with Gasteiger partial charge in [0.05, 0.1) is 26.8 Å². The number of carbonyl (C=O) groups is 1. The fraction of sp³-hybridized carbons (Fsp3) is 0.296. The van der Waals surface area contributed by atoms with Crippen molar-refractivity contribution in [2.75, 3.05) is 34.4 Å². The van der Waals surface area contributed by atoms with E-state index < -0.39 is 0 Å². The minimum Gasteiger partial charge on any atom is -0.493 e. The first kappa shape index (κ1) is 22.8. The molecule has 1 heterocycles. The average Bonchev–Trinajstić information content (AvgIpc) is 2.84. The van der Waals surface area contributed by atoms with Crippen LogP contribution in [0, 0.1) is 5.82 Å². The maximum Gasteiger partial charge on any atom is 0.236 e. The van der Waals surface area contributed by atoms with E-state index in [1.807, 2.05) is 30.3 Å². The summed E-state index contributed by atoms with van der Waals surface area (Å²) in [5.74, 6) is 1.13. The van der Waals surface area contributed by atoms with Gasteiger partial charge in [-0.15, -0.1) is 0 Å². The Morgan fingerprint density at radius 1 is 1.03 bits per heavy atom. The number of carbonyl (C=O) groups excluding carboxylic acids is 1. The second-order valence-corrected chi connectivity index (χ2v) is 8.32. The molecule has 0 bridgehead atoms. The summed E-state index contributed by atoms with van der Waals surface area (Å²) in [6.45, 7) is 1.47. The van der Waals surface area contributed by atoms with E-state index in [-0.39, 0.29) is 24.3 Å². The normalized spacial score (nSPS) is 15.6. The minimum absolute atomic E-state index is 0.0178. The Hall–Kier alpha value is -3.38. The van der Waals surface area contributed by atoms with E-state index in [0.717, 1.165) is 29.7 Å². The van der Waals surface area contributed by atoms with E-state index in [9.17, 15) is 9.18 Å². The van der Waals surface area contributed by atoms with Crippen molar-refractivity contribution < 1.29 is 18.7 Å². The zero-order valence-electron chi connectivity index (χ0n) is 19.3. The summed E-state index contributed by atoms with van der Waals surface area (Å²) in [6, 6.07) is 20.5. The highest BCUT2D eigenvalue weighted by Gasteiger charge is 2.32. The van der Waals surface area contributed by atoms with Gasteiger partial charge in [0.2, 0.25) is 5.91 Å². The smallest absolute Gasteiger partial charge is 0.236 e. The molecule has 3 aromatic rings. The second kappa shape index (κ2) is 10.0. The van der Waals surface area contributed by atoms with Crippen LogP contribution in [0.3, 0.4) is 0 Å². The Balaban J connectivity index is 1.61. The lowest BCUT2D eigenvalue weighted by atomic mass is 9.87. The van der Waals surface area contributed by atoms with Crippen LogP contribution in [0.15, 0.2) is 66.7 Å². The molecule has 0 aliphatic carbocycles. The monoisotopic (exact) mass is 448 g/mol. The van der Waals surface area contributed by atoms with Crippen LogP contribution >= 0.6 is 0 Å². The van der Waals surface area contributed by atoms with E-state index in [1.165, 1.54) is 17.7 Å². The molecule has 172 valence electrons. The zero-order valence-corrected chi connectivity index (χ0v) is 19.3. The van der Waals surface area contributed by atoms with Crippen LogP contribution in [0.2, 0.25) is 0 Å². The molecular weight excluding hydrogens is 419 g/mol. The average molecular weight is 449 g/mol. The van der Waals surface area contributed by atoms with Crippen molar-refractivity contribution in [1.82, 2.24) is 9.80 Å². The lowest BCUT2D eigenvalue weighted by Gasteiger charge is -2.38. The maximum atomic E-state index is 13.2. The van der Waals surface area contributed by atoms with Crippen LogP contribution in [0.4, 0.5) is 4.39 Å². The number of hydrogen-bond acceptors (Lipinski definition) is 4. The first-order valence-corrected chi connectivity index (χ1v) is 11.0. The predicted octanol–water partition coefficient (Wildman–Crippen LogP) is 4.45. The predicted molar refractivity (Wildman–Crippen MR) is 126 cm³/mol. The van der Waals surface area contributed by atoms with Gasteiger partial charge in [-0.3, -0.25) is 9.69 Å². The molecule has 1 amide bonds. The van der Waals surface area contributed by atoms with Crippen molar-refractivity contribution >= 4 is 5.91 Å². The number of hydrogen-bond donors (Lipinski definition) is 0. The minimum atomic E-state index is -0.280. The fourth-order valence-electron chi connectivity index (χ4n) is 4.44. The van der Waals surface area contributed by atoms with Crippen LogP contribution in [-0.2, 0) is 17.8 Å². The number of nitrogens with zero attached hydrogens (tertiary/aromatic N) is 2. The van der Waals surface area contributed by atoms with Gasteiger partial charge < -0.3 is 14.4 Å². The Morgan fingerprint density at radius 3 is 2.36 bits per heavy atom. The van der Waals surface area contributed by atoms with Gasteiger partial charge in [-0.2, -0.15) is 0 Å². The number of rotatable bonds is 7. The second-order valence-electron chi connectivity index (χ2n) is 8.32. The van der Waals surface area contributed by atoms with Gasteiger partial charge in [0.25, 0.3) is 0 Å². The molecule has 0 aromatic heterocycles. The molecule has 1 atom stereocenters. The highest BCUT2D eigenvalue weighted by Crippen LogP contribution is 2.40. The molecule has 33 heavy (non-hydrogen) atoms. The number of benzene rings is 3. The summed E-state index contributed by atoms with van der Waals surface area (Å²) in [5.41, 5.74) is 4.34. The van der Waals surface area contributed by atoms with Gasteiger partial charge in [0.15, 0.2) is 11.5 Å². The van der Waals surface area contributed by atoms with Gasteiger partial charge in [0.1, 0.15) is 5.82 Å². The SMILES string of the molecule is COc1cc2c(cc1OC)C(c1ccccc1)N(CC(=O)N(C)Cc1ccc(F)cc1)CC2. The number of amides is 1. The molecule has 5 nitrogen and oxygen atoms in total. The van der Waals surface area contributed by atoms with Crippen LogP contribution in [0.25, 0.3) is 0 Å². The summed E-state index contributed by atoms with van der Waals surface area (Å²) in [5, 5.41) is 0. The number of likely N-dealkylation sites (N-methyl/N-ethyl adjacent to an activating group) is 1. The first-order chi connectivity index (χ1) is 16.0. The molecule has 1 aliphatic heterocycles. The highest BCUT2D eigenvalue weighted by molar-refractivity contribution is 5.78. The number of fused-ring (bicyclic) bond motifs is 1. The molecule has 3 aromatic carbocycles. The first-order valence-electron chi connectivity index (χ1n) is 11.0. The Kier molecular flexibility index (Phi) is 6.94. The summed E-state index contributed by atoms with van der Waals surface area (Å²) in [7, 11) is 5.06. The van der Waals surface area contributed by atoms with Gasteiger partial charge in [-0.1, -0.05) is 42.5 Å². The van der Waals surface area contributed by atoms with Crippen molar-refractivity contribution in [3.8, 4) is 11.5 Å². The van der Waals surface area contributed by atoms with Crippen molar-refractivity contribution in [3.05, 3.63) is 94.8 Å². The van der Waals surface area contributed by atoms with Crippen LogP contribution in [0.5, 0.6) is 11.5 Å². The molecule has 4 rings (SSSR count). The lowest BCUT2D eigenvalue weighted by molar-refractivity contribution is -0.132. The Morgan fingerprint density at radius 2 is 1.70 bits per heavy atom. The van der Waals surface area contributed by atoms with E-state index in [2.05, 4.69) is 17.0 Å². The van der Waals surface area contributed by atoms with Gasteiger partial charge in [-0.25, -0.2) is 4.39 Å². The third kappa shape index (κ3) is 5.01. The molecule has 0 saturated heterocycles. The summed E-state index contributed by atoms with van der Waals surface area (Å²) < 4.78 is 24.3. The Labute approximate surface area is 194 Å². The number of methoxy groups -OCH3 is 2. The largest absolute Gasteiger partial charge is 0.493 e. The van der Waals surface area contributed by atoms with Crippen molar-refractivity contribution in [2.24, 2.45) is 0 Å². The molecule has 0 saturated carbocycles. The van der Waals surface area contributed by atoms with Crippen LogP contribution in [-0.4, -0.2) is 50.1 Å². The summed E-state index contributed by atoms with van der Waals surface area (Å²) >= 11 is 0. The zero-order chi connectivity index (χ0) is 23.4. The van der Waals surface area contributed by atoms with E-state index >= 15 is 0 Å². The summed E-state index contributed by atoms with van der Waals surface area (Å²) in [6.07, 6.45) is 0.813. The van der Waals surface area contributed by atoms with E-state index in [0.29, 0.717) is 18.0 Å². The topological polar surface area (TPSA) is 42.0 Å². The molecular formula is C27H29FN2O3. The molecule has 1 aliphatic rings. The lowest BCUT2D eigenvalue weighted by Crippen LogP contribution is -2.43. The van der Waals surface area contributed by atoms with Crippen LogP contribution < -0.4 is 9.47 Å². The number of ether oxygens (including phenoxy) is 2. The number of halogens is 1. The third-order valence-electron chi connectivity index (χ3n) is 6.19. The van der Waals surface area contributed by atoms with Gasteiger partial charge >= 0.3 is 0 Å². The van der Waals surface area contributed by atoms with E-state index in [4.69, 9.17) is 9.47 Å². The van der Waals surface area contributed by atoms with Crippen molar-refractivity contribution in [3.63, 3.8) is 0 Å². The fourth-order valence-corrected chi connectivity index (χ4v) is 4.44. The maximum absolute atomic E-state index is 13.2. The molecule has 0 radical (unpaired) electrons. The van der Waals surface area contributed by atoms with Crippen molar-refractivity contribution in [1.29, 1.82) is 0 Å².